The number of carbonyl (C=O) groups is 7. The molecule has 2 fully saturated rings. The Balaban J connectivity index is 0.969. The van der Waals surface area contributed by atoms with Gasteiger partial charge in [0.15, 0.2) is 17.6 Å². The Bertz CT molecular complexity index is 2920. The number of likely N-dealkylation sites (tertiary alicyclic amines) is 1. The minimum atomic E-state index is -2.02. The first-order chi connectivity index (χ1) is 34.4. The van der Waals surface area contributed by atoms with E-state index in [0.29, 0.717) is 45.6 Å². The average Bonchev–Trinajstić information content (AvgIpc) is 4.02. The van der Waals surface area contributed by atoms with Gasteiger partial charge in [0.1, 0.15) is 43.0 Å². The quantitative estimate of drug-likeness (QED) is 0.0441. The molecule has 2 saturated heterocycles. The van der Waals surface area contributed by atoms with Gasteiger partial charge in [-0.2, -0.15) is 0 Å². The van der Waals surface area contributed by atoms with E-state index in [1.54, 1.807) is 26.0 Å². The number of aliphatic carboxylic acids is 1. The lowest BCUT2D eigenvalue weighted by Crippen LogP contribution is -2.61. The maximum Gasteiger partial charge on any atom is 0.407 e. The average molecular weight is 1000 g/mol. The molecule has 25 heteroatoms. The van der Waals surface area contributed by atoms with E-state index in [-0.39, 0.29) is 98.7 Å². The van der Waals surface area contributed by atoms with Crippen molar-refractivity contribution >= 4 is 58.3 Å². The number of esters is 1. The highest BCUT2D eigenvalue weighted by Crippen LogP contribution is 2.42. The third-order valence-corrected chi connectivity index (χ3v) is 12.3. The van der Waals surface area contributed by atoms with Crippen LogP contribution in [0.15, 0.2) is 41.2 Å². The standard InChI is InChI=1S/C47H50N6O19/c1-3-4-37(58)67-19-26-30(54)15-29-38-25(17-53(29)44(26)63)24(23-13-32-33(70-20-69-32)14-27(23)51-38)16-49-47(66)68-18-22-5-6-31(71-46-41(61)39(59)40(60)42(72-46)45(64)65)28(12-22)50-35(56)7-9-48-34(55)8-10-52-36(57)11-21(2)43(52)62/h5-6,12-15,21,39-42,46,54,59-61H,3-4,7-11,16-20H2,1-2H3,(H,48,55)(H,49,66)(H,50,56)(H,64,65). The number of imide groups is 1. The molecule has 5 amide bonds. The monoisotopic (exact) mass is 1000 g/mol. The number of aromatic nitrogens is 2. The summed E-state index contributed by atoms with van der Waals surface area (Å²) < 4.78 is 34.4. The number of fused-ring (bicyclic) bond motifs is 5. The fourth-order valence-electron chi connectivity index (χ4n) is 8.51. The number of aliphatic hydroxyl groups is 3. The third-order valence-electron chi connectivity index (χ3n) is 12.3. The van der Waals surface area contributed by atoms with Crippen LogP contribution in [0.25, 0.3) is 22.3 Å². The summed E-state index contributed by atoms with van der Waals surface area (Å²) in [5.74, 6) is -4.44. The predicted octanol–water partition coefficient (Wildman–Crippen LogP) is 0.630. The zero-order valence-corrected chi connectivity index (χ0v) is 38.7. The van der Waals surface area contributed by atoms with Crippen molar-refractivity contribution in [3.05, 3.63) is 69.0 Å². The number of ether oxygens (including phenoxy) is 6. The van der Waals surface area contributed by atoms with E-state index >= 15 is 0 Å². The second-order valence-electron chi connectivity index (χ2n) is 17.3. The number of amides is 5. The molecule has 4 aliphatic heterocycles. The molecule has 0 bridgehead atoms. The summed E-state index contributed by atoms with van der Waals surface area (Å²) in [4.78, 5) is 107. The number of carbonyl (C=O) groups excluding carboxylic acids is 6. The van der Waals surface area contributed by atoms with E-state index in [1.807, 2.05) is 0 Å². The molecule has 6 unspecified atom stereocenters. The van der Waals surface area contributed by atoms with Crippen LogP contribution >= 0.6 is 0 Å². The maximum absolute atomic E-state index is 13.7. The number of hydrogen-bond acceptors (Lipinski definition) is 19. The Morgan fingerprint density at radius 2 is 1.64 bits per heavy atom. The van der Waals surface area contributed by atoms with Crippen molar-refractivity contribution < 1.29 is 87.5 Å². The first-order valence-electron chi connectivity index (χ1n) is 22.8. The Morgan fingerprint density at radius 3 is 2.36 bits per heavy atom. The van der Waals surface area contributed by atoms with Gasteiger partial charge in [0, 0.05) is 74.3 Å². The SMILES string of the molecule is CCCC(=O)OCc1c(O)cc2n(c1=O)Cc1c-2nc2cc3c(cc2c1CNC(=O)OCc1ccc(OC2OC(C(=O)O)C(O)C(O)C2O)c(NC(=O)CCNC(=O)CCN2C(=O)CC(C)C2=O)c1)OCO3. The van der Waals surface area contributed by atoms with Crippen molar-refractivity contribution in [1.82, 2.24) is 25.1 Å². The Morgan fingerprint density at radius 1 is 0.875 bits per heavy atom. The number of carboxylic acid groups (broad SMARTS) is 1. The van der Waals surface area contributed by atoms with Gasteiger partial charge in [0.05, 0.1) is 34.7 Å². The van der Waals surface area contributed by atoms with E-state index in [4.69, 9.17) is 33.4 Å². The van der Waals surface area contributed by atoms with Crippen molar-refractivity contribution in [1.29, 1.82) is 0 Å². The minimum absolute atomic E-state index is 0.0275. The number of hydrogen-bond donors (Lipinski definition) is 8. The zero-order chi connectivity index (χ0) is 51.5. The van der Waals surface area contributed by atoms with Crippen LogP contribution in [0.1, 0.15) is 68.2 Å². The molecule has 0 aliphatic carbocycles. The van der Waals surface area contributed by atoms with Crippen LogP contribution in [0.3, 0.4) is 0 Å². The van der Waals surface area contributed by atoms with E-state index in [9.17, 15) is 63.9 Å². The van der Waals surface area contributed by atoms with Crippen molar-refractivity contribution in [3.63, 3.8) is 0 Å². The fraction of sp³-hybridized carbons (Fsp3) is 0.426. The van der Waals surface area contributed by atoms with Crippen molar-refractivity contribution in [2.45, 2.75) is 103 Å². The molecule has 0 spiro atoms. The summed E-state index contributed by atoms with van der Waals surface area (Å²) >= 11 is 0. The first-order valence-corrected chi connectivity index (χ1v) is 22.8. The van der Waals surface area contributed by atoms with Gasteiger partial charge < -0.3 is 74.5 Å². The van der Waals surface area contributed by atoms with Crippen LogP contribution < -0.4 is 35.7 Å². The molecular weight excluding hydrogens is 953 g/mol. The number of aliphatic hydroxyl groups excluding tert-OH is 3. The number of nitrogens with one attached hydrogen (secondary N) is 3. The molecule has 6 heterocycles. The van der Waals surface area contributed by atoms with Gasteiger partial charge >= 0.3 is 18.0 Å². The molecule has 8 rings (SSSR count). The van der Waals surface area contributed by atoms with Crippen LogP contribution in [0.2, 0.25) is 0 Å². The fourth-order valence-corrected chi connectivity index (χ4v) is 8.51. The zero-order valence-electron chi connectivity index (χ0n) is 38.7. The number of pyridine rings is 2. The molecule has 72 heavy (non-hydrogen) atoms. The largest absolute Gasteiger partial charge is 0.507 e. The Kier molecular flexibility index (Phi) is 14.9. The second kappa shape index (κ2) is 21.2. The van der Waals surface area contributed by atoms with Gasteiger partial charge in [-0.25, -0.2) is 14.6 Å². The number of rotatable bonds is 18. The Hall–Kier alpha value is -7.87. The number of benzene rings is 2. The molecule has 4 aromatic rings. The van der Waals surface area contributed by atoms with Crippen LogP contribution in [0.5, 0.6) is 23.0 Å². The van der Waals surface area contributed by atoms with E-state index in [2.05, 4.69) is 16.0 Å². The van der Waals surface area contributed by atoms with Crippen molar-refractivity contribution in [2.24, 2.45) is 5.92 Å². The highest BCUT2D eigenvalue weighted by atomic mass is 16.7. The van der Waals surface area contributed by atoms with Gasteiger partial charge in [-0.15, -0.1) is 0 Å². The molecular formula is C47H50N6O19. The lowest BCUT2D eigenvalue weighted by molar-refractivity contribution is -0.271. The number of anilines is 1. The molecule has 0 saturated carbocycles. The van der Waals surface area contributed by atoms with Gasteiger partial charge in [-0.05, 0) is 35.7 Å². The number of nitrogens with zero attached hydrogens (tertiary/aromatic N) is 3. The molecule has 25 nitrogen and oxygen atoms in total. The lowest BCUT2D eigenvalue weighted by atomic mass is 9.99. The van der Waals surface area contributed by atoms with Crippen LogP contribution in [-0.4, -0.2) is 132 Å². The summed E-state index contributed by atoms with van der Waals surface area (Å²) in [5, 5.41) is 60.0. The summed E-state index contributed by atoms with van der Waals surface area (Å²) in [6.07, 6.45) is -10.6. The summed E-state index contributed by atoms with van der Waals surface area (Å²) in [6, 6.07) is 8.69. The van der Waals surface area contributed by atoms with Crippen molar-refractivity contribution in [2.75, 3.05) is 25.2 Å². The van der Waals surface area contributed by atoms with Gasteiger partial charge in [-0.3, -0.25) is 33.7 Å². The third kappa shape index (κ3) is 10.6. The second-order valence-corrected chi connectivity index (χ2v) is 17.3. The number of aromatic hydroxyl groups is 1. The van der Waals surface area contributed by atoms with Crippen LogP contribution in [0.4, 0.5) is 10.5 Å². The lowest BCUT2D eigenvalue weighted by Gasteiger charge is -2.38. The first kappa shape index (κ1) is 50.5. The molecule has 6 atom stereocenters. The smallest absolute Gasteiger partial charge is 0.407 e. The summed E-state index contributed by atoms with van der Waals surface area (Å²) in [5.41, 5.74) is 1.50. The minimum Gasteiger partial charge on any atom is -0.507 e. The predicted molar refractivity (Wildman–Crippen MR) is 243 cm³/mol. The molecule has 2 aromatic carbocycles. The highest BCUT2D eigenvalue weighted by Gasteiger charge is 2.48. The highest BCUT2D eigenvalue weighted by molar-refractivity contribution is 6.03. The topological polar surface area (TPSA) is 350 Å². The van der Waals surface area contributed by atoms with E-state index in [1.165, 1.54) is 28.8 Å². The normalized spacial score (nSPS) is 20.7. The number of carboxylic acids is 1. The molecule has 4 aliphatic rings. The number of alkyl carbamates (subject to hydrolysis) is 1. The molecule has 8 N–H and O–H groups in total. The summed E-state index contributed by atoms with van der Waals surface area (Å²) in [6.45, 7) is 2.00. The van der Waals surface area contributed by atoms with Gasteiger partial charge in [0.2, 0.25) is 36.7 Å². The van der Waals surface area contributed by atoms with Crippen LogP contribution in [-0.2, 0) is 69.3 Å². The van der Waals surface area contributed by atoms with Crippen LogP contribution in [0, 0.1) is 5.92 Å². The van der Waals surface area contributed by atoms with E-state index < -0.39 is 91.0 Å². The Labute approximate surface area is 407 Å². The maximum atomic E-state index is 13.7. The molecule has 382 valence electrons. The molecule has 2 aromatic heterocycles. The van der Waals surface area contributed by atoms with Gasteiger partial charge in [0.25, 0.3) is 5.56 Å². The summed E-state index contributed by atoms with van der Waals surface area (Å²) in [7, 11) is 0. The van der Waals surface area contributed by atoms with E-state index in [0.717, 1.165) is 4.90 Å². The molecule has 0 radical (unpaired) electrons. The van der Waals surface area contributed by atoms with Crippen molar-refractivity contribution in [3.8, 4) is 34.4 Å². The van der Waals surface area contributed by atoms with Gasteiger partial charge in [-0.1, -0.05) is 19.9 Å².